The second-order valence-electron chi connectivity index (χ2n) is 10.8. The lowest BCUT2D eigenvalue weighted by Gasteiger charge is -2.28. The van der Waals surface area contributed by atoms with Crippen molar-refractivity contribution in [3.63, 3.8) is 0 Å². The van der Waals surface area contributed by atoms with Crippen LogP contribution in [0.5, 0.6) is 0 Å². The van der Waals surface area contributed by atoms with Crippen molar-refractivity contribution in [3.05, 3.63) is 114 Å². The number of carbonyl (C=O) groups is 3. The standard InChI is InChI=1S/C35H34N4O3/c40-33(37-21-8-9-22-37)25-38-23-10-24-39(32-16-7-6-15-31(32)38)35(42)27-17-19-28(20-18-27)36-34(41)30-14-5-4-13-29(30)26-11-2-1-3-12-26/h1-7,11-20H,8-10,21-25H2,(H,36,41). The number of carbonyl (C=O) groups excluding carboxylic acids is 3. The zero-order valence-corrected chi connectivity index (χ0v) is 23.5. The number of benzene rings is 4. The third-order valence-electron chi connectivity index (χ3n) is 8.00. The van der Waals surface area contributed by atoms with Crippen LogP contribution in [0.2, 0.25) is 0 Å². The molecule has 4 aromatic rings. The first-order valence-electron chi connectivity index (χ1n) is 14.6. The Balaban J connectivity index is 1.17. The lowest BCUT2D eigenvalue weighted by atomic mass is 9.99. The Bertz CT molecular complexity index is 1580. The van der Waals surface area contributed by atoms with E-state index in [4.69, 9.17) is 0 Å². The summed E-state index contributed by atoms with van der Waals surface area (Å²) >= 11 is 0. The van der Waals surface area contributed by atoms with Crippen LogP contribution in [0.15, 0.2) is 103 Å². The van der Waals surface area contributed by atoms with Crippen LogP contribution in [-0.2, 0) is 4.79 Å². The van der Waals surface area contributed by atoms with Crippen molar-refractivity contribution in [1.29, 1.82) is 0 Å². The Morgan fingerprint density at radius 1 is 0.643 bits per heavy atom. The monoisotopic (exact) mass is 558 g/mol. The number of nitrogens with zero attached hydrogens (tertiary/aromatic N) is 3. The van der Waals surface area contributed by atoms with Gasteiger partial charge in [-0.25, -0.2) is 0 Å². The molecule has 4 aromatic carbocycles. The summed E-state index contributed by atoms with van der Waals surface area (Å²) in [5, 5.41) is 2.98. The fraction of sp³-hybridized carbons (Fsp3) is 0.229. The van der Waals surface area contributed by atoms with E-state index in [0.29, 0.717) is 36.4 Å². The second-order valence-corrected chi connectivity index (χ2v) is 10.8. The van der Waals surface area contributed by atoms with Crippen LogP contribution in [0.3, 0.4) is 0 Å². The van der Waals surface area contributed by atoms with E-state index in [9.17, 15) is 14.4 Å². The molecular weight excluding hydrogens is 524 g/mol. The van der Waals surface area contributed by atoms with Crippen LogP contribution in [-0.4, -0.2) is 55.3 Å². The van der Waals surface area contributed by atoms with Gasteiger partial charge in [0, 0.05) is 43.0 Å². The quantitative estimate of drug-likeness (QED) is 0.311. The summed E-state index contributed by atoms with van der Waals surface area (Å²) in [5.41, 5.74) is 5.27. The van der Waals surface area contributed by atoms with Crippen LogP contribution in [0.25, 0.3) is 11.1 Å². The van der Waals surface area contributed by atoms with Crippen molar-refractivity contribution in [1.82, 2.24) is 4.90 Å². The van der Waals surface area contributed by atoms with Crippen LogP contribution >= 0.6 is 0 Å². The largest absolute Gasteiger partial charge is 0.360 e. The van der Waals surface area contributed by atoms with E-state index in [-0.39, 0.29) is 17.7 Å². The van der Waals surface area contributed by atoms with E-state index in [1.54, 1.807) is 29.2 Å². The highest BCUT2D eigenvalue weighted by atomic mass is 16.2. The highest BCUT2D eigenvalue weighted by Crippen LogP contribution is 2.33. The van der Waals surface area contributed by atoms with Crippen LogP contribution < -0.4 is 15.1 Å². The smallest absolute Gasteiger partial charge is 0.258 e. The van der Waals surface area contributed by atoms with Crippen LogP contribution in [0.4, 0.5) is 17.1 Å². The van der Waals surface area contributed by atoms with Crippen LogP contribution in [0.1, 0.15) is 40.0 Å². The molecule has 0 radical (unpaired) electrons. The van der Waals surface area contributed by atoms with Crippen molar-refractivity contribution < 1.29 is 14.4 Å². The lowest BCUT2D eigenvalue weighted by Crippen LogP contribution is -2.39. The summed E-state index contributed by atoms with van der Waals surface area (Å²) in [4.78, 5) is 45.8. The third kappa shape index (κ3) is 5.77. The molecule has 1 N–H and O–H groups in total. The highest BCUT2D eigenvalue weighted by molar-refractivity contribution is 6.10. The Morgan fingerprint density at radius 2 is 1.31 bits per heavy atom. The molecule has 0 saturated carbocycles. The Labute approximate surface area is 246 Å². The number of rotatable bonds is 6. The first-order valence-corrected chi connectivity index (χ1v) is 14.6. The van der Waals surface area contributed by atoms with Crippen LogP contribution in [0, 0.1) is 0 Å². The van der Waals surface area contributed by atoms with Gasteiger partial charge in [-0.15, -0.1) is 0 Å². The molecule has 2 aliphatic rings. The van der Waals surface area contributed by atoms with E-state index < -0.39 is 0 Å². The summed E-state index contributed by atoms with van der Waals surface area (Å²) in [5.74, 6) is -0.174. The number of anilines is 3. The number of para-hydroxylation sites is 2. The summed E-state index contributed by atoms with van der Waals surface area (Å²) in [6.45, 7) is 3.24. The number of hydrogen-bond donors (Lipinski definition) is 1. The van der Waals surface area contributed by atoms with E-state index in [1.807, 2.05) is 83.8 Å². The minimum atomic E-state index is -0.210. The van der Waals surface area contributed by atoms with Gasteiger partial charge in [0.2, 0.25) is 5.91 Å². The predicted molar refractivity (Wildman–Crippen MR) is 167 cm³/mol. The Morgan fingerprint density at radius 3 is 2.07 bits per heavy atom. The maximum absolute atomic E-state index is 13.8. The molecule has 2 heterocycles. The van der Waals surface area contributed by atoms with Crippen molar-refractivity contribution in [2.45, 2.75) is 19.3 Å². The summed E-state index contributed by atoms with van der Waals surface area (Å²) in [6, 6.07) is 32.2. The average Bonchev–Trinajstić information content (AvgIpc) is 3.52. The molecule has 7 nitrogen and oxygen atoms in total. The normalized spacial score (nSPS) is 14.7. The van der Waals surface area contributed by atoms with Crippen molar-refractivity contribution in [3.8, 4) is 11.1 Å². The maximum Gasteiger partial charge on any atom is 0.258 e. The van der Waals surface area contributed by atoms with Gasteiger partial charge in [0.05, 0.1) is 17.9 Å². The zero-order chi connectivity index (χ0) is 28.9. The maximum atomic E-state index is 13.8. The molecule has 212 valence electrons. The molecule has 1 fully saturated rings. The number of hydrogen-bond acceptors (Lipinski definition) is 4. The lowest BCUT2D eigenvalue weighted by molar-refractivity contribution is -0.128. The van der Waals surface area contributed by atoms with Gasteiger partial charge < -0.3 is 20.0 Å². The zero-order valence-electron chi connectivity index (χ0n) is 23.5. The molecule has 0 aliphatic carbocycles. The molecule has 3 amide bonds. The van der Waals surface area contributed by atoms with Gasteiger partial charge in [0.25, 0.3) is 11.8 Å². The van der Waals surface area contributed by atoms with E-state index >= 15 is 0 Å². The molecular formula is C35H34N4O3. The van der Waals surface area contributed by atoms with Crippen molar-refractivity contribution in [2.75, 3.05) is 47.8 Å². The van der Waals surface area contributed by atoms with E-state index in [0.717, 1.165) is 54.9 Å². The molecule has 7 heteroatoms. The summed E-state index contributed by atoms with van der Waals surface area (Å²) in [7, 11) is 0. The minimum absolute atomic E-state index is 0.109. The van der Waals surface area contributed by atoms with Gasteiger partial charge in [-0.1, -0.05) is 60.7 Å². The fourth-order valence-electron chi connectivity index (χ4n) is 5.83. The van der Waals surface area contributed by atoms with E-state index in [2.05, 4.69) is 10.2 Å². The first kappa shape index (κ1) is 27.3. The first-order chi connectivity index (χ1) is 20.6. The van der Waals surface area contributed by atoms with Gasteiger partial charge in [0.15, 0.2) is 0 Å². The number of amides is 3. The third-order valence-corrected chi connectivity index (χ3v) is 8.00. The van der Waals surface area contributed by atoms with Crippen molar-refractivity contribution in [2.24, 2.45) is 0 Å². The molecule has 42 heavy (non-hydrogen) atoms. The Kier molecular flexibility index (Phi) is 7.99. The number of fused-ring (bicyclic) bond motifs is 1. The van der Waals surface area contributed by atoms with Gasteiger partial charge in [-0.05, 0) is 72.9 Å². The molecule has 2 aliphatic heterocycles. The molecule has 0 atom stereocenters. The highest BCUT2D eigenvalue weighted by Gasteiger charge is 2.28. The average molecular weight is 559 g/mol. The predicted octanol–water partition coefficient (Wildman–Crippen LogP) is 6.09. The summed E-state index contributed by atoms with van der Waals surface area (Å²) in [6.07, 6.45) is 2.88. The van der Waals surface area contributed by atoms with Gasteiger partial charge in [0.1, 0.15) is 0 Å². The van der Waals surface area contributed by atoms with E-state index in [1.165, 1.54) is 0 Å². The SMILES string of the molecule is O=C(Nc1ccc(C(=O)N2CCCN(CC(=O)N3CCCC3)c3ccccc32)cc1)c1ccccc1-c1ccccc1. The van der Waals surface area contributed by atoms with Gasteiger partial charge in [-0.3, -0.25) is 14.4 Å². The van der Waals surface area contributed by atoms with Crippen molar-refractivity contribution >= 4 is 34.8 Å². The topological polar surface area (TPSA) is 73.0 Å². The summed E-state index contributed by atoms with van der Waals surface area (Å²) < 4.78 is 0. The molecule has 0 unspecified atom stereocenters. The molecule has 0 spiro atoms. The number of likely N-dealkylation sites (tertiary alicyclic amines) is 1. The van der Waals surface area contributed by atoms with Gasteiger partial charge in [-0.2, -0.15) is 0 Å². The second kappa shape index (κ2) is 12.3. The molecule has 0 aromatic heterocycles. The molecule has 6 rings (SSSR count). The number of nitrogens with one attached hydrogen (secondary N) is 1. The molecule has 0 bridgehead atoms. The van der Waals surface area contributed by atoms with Gasteiger partial charge >= 0.3 is 0 Å². The fourth-order valence-corrected chi connectivity index (χ4v) is 5.83. The minimum Gasteiger partial charge on any atom is -0.360 e. The Hall–Kier alpha value is -4.91. The molecule has 1 saturated heterocycles.